The van der Waals surface area contributed by atoms with Gasteiger partial charge < -0.3 is 9.80 Å². The molecule has 3 heteroatoms. The molecule has 372 valence electrons. The monoisotopic (exact) mass is 991 g/mol. The molecule has 10 aromatic rings. The van der Waals surface area contributed by atoms with Crippen molar-refractivity contribution >= 4 is 62.9 Å². The van der Waals surface area contributed by atoms with E-state index >= 15 is 0 Å². The standard InChI is InChI=1S/C72H70N2Si/c1-51-19-11-15-23-67(51)73(68-24-16-12-20-52(68)2)61-39-27-55(28-40-61)57-31-43-63(44-32-57)75(65-47-35-59(36-48-65)71(5,6)7,66-49-37-60(38-50-66)72(8,9)10)64-45-33-58(34-46-64)56-29-41-62(42-30-56)74(69-25-17-13-21-53(69)3)70-26-18-14-22-54(70)4/h11-50H,1-10H3. The van der Waals surface area contributed by atoms with Crippen molar-refractivity contribution < 1.29 is 0 Å². The van der Waals surface area contributed by atoms with Crippen LogP contribution >= 0.6 is 0 Å². The first kappa shape index (κ1) is 50.5. The van der Waals surface area contributed by atoms with Gasteiger partial charge in [-0.15, -0.1) is 0 Å². The number of aryl methyl sites for hydroxylation is 4. The van der Waals surface area contributed by atoms with Gasteiger partial charge in [-0.1, -0.05) is 236 Å². The molecule has 75 heavy (non-hydrogen) atoms. The second kappa shape index (κ2) is 20.7. The molecule has 0 bridgehead atoms. The predicted molar refractivity (Wildman–Crippen MR) is 327 cm³/mol. The molecule has 0 aliphatic rings. The largest absolute Gasteiger partial charge is 0.310 e. The minimum Gasteiger partial charge on any atom is -0.310 e. The molecule has 10 aromatic carbocycles. The van der Waals surface area contributed by atoms with E-state index in [0.29, 0.717) is 0 Å². The summed E-state index contributed by atoms with van der Waals surface area (Å²) < 4.78 is 0. The van der Waals surface area contributed by atoms with Crippen LogP contribution in [0.2, 0.25) is 0 Å². The molecule has 0 N–H and O–H groups in total. The molecule has 0 aromatic heterocycles. The fourth-order valence-corrected chi connectivity index (χ4v) is 15.6. The molecule has 0 heterocycles. The number of hydrogen-bond donors (Lipinski definition) is 0. The van der Waals surface area contributed by atoms with Crippen LogP contribution in [0.3, 0.4) is 0 Å². The van der Waals surface area contributed by atoms with Gasteiger partial charge in [0.15, 0.2) is 8.07 Å². The molecule has 0 saturated heterocycles. The molecular weight excluding hydrogens is 921 g/mol. The highest BCUT2D eigenvalue weighted by Gasteiger charge is 2.42. The Kier molecular flexibility index (Phi) is 14.0. The SMILES string of the molecule is Cc1ccccc1N(c1ccc(-c2ccc([Si](c3ccc(-c4ccc(N(c5ccccc5C)c5ccccc5C)cc4)cc3)(c3ccc(C(C)(C)C)cc3)c3ccc(C(C)(C)C)cc3)cc2)cc1)c1ccccc1C. The lowest BCUT2D eigenvalue weighted by atomic mass is 9.87. The summed E-state index contributed by atoms with van der Waals surface area (Å²) in [6, 6.07) is 91.2. The van der Waals surface area contributed by atoms with Crippen molar-refractivity contribution in [3.8, 4) is 22.3 Å². The molecular formula is C72H70N2Si. The summed E-state index contributed by atoms with van der Waals surface area (Å²) in [5.74, 6) is 0. The molecule has 0 saturated carbocycles. The Morgan fingerprint density at radius 2 is 0.467 bits per heavy atom. The molecule has 0 radical (unpaired) electrons. The summed E-state index contributed by atoms with van der Waals surface area (Å²) in [6.45, 7) is 22.6. The van der Waals surface area contributed by atoms with Crippen LogP contribution in [0.1, 0.15) is 74.9 Å². The van der Waals surface area contributed by atoms with Gasteiger partial charge >= 0.3 is 0 Å². The van der Waals surface area contributed by atoms with E-state index in [1.165, 1.54) is 99.1 Å². The van der Waals surface area contributed by atoms with Crippen LogP contribution in [0.4, 0.5) is 34.1 Å². The quantitative estimate of drug-likeness (QED) is 0.0889. The van der Waals surface area contributed by atoms with Crippen molar-refractivity contribution in [2.75, 3.05) is 9.80 Å². The summed E-state index contributed by atoms with van der Waals surface area (Å²) >= 11 is 0. The first-order valence-electron chi connectivity index (χ1n) is 26.6. The van der Waals surface area contributed by atoms with E-state index in [-0.39, 0.29) is 10.8 Å². The van der Waals surface area contributed by atoms with E-state index in [1.807, 2.05) is 0 Å². The Balaban J connectivity index is 1.07. The zero-order valence-electron chi connectivity index (χ0n) is 45.5. The summed E-state index contributed by atoms with van der Waals surface area (Å²) in [4.78, 5) is 4.78. The maximum absolute atomic E-state index is 2.94. The average Bonchev–Trinajstić information content (AvgIpc) is 3.42. The first-order valence-corrected chi connectivity index (χ1v) is 28.6. The predicted octanol–water partition coefficient (Wildman–Crippen LogP) is 17.2. The van der Waals surface area contributed by atoms with Gasteiger partial charge in [-0.25, -0.2) is 0 Å². The van der Waals surface area contributed by atoms with E-state index in [1.54, 1.807) is 0 Å². The Bertz CT molecular complexity index is 3230. The van der Waals surface area contributed by atoms with Gasteiger partial charge in [0.05, 0.1) is 0 Å². The number of para-hydroxylation sites is 4. The summed E-state index contributed by atoms with van der Waals surface area (Å²) in [5, 5.41) is 5.44. The van der Waals surface area contributed by atoms with Gasteiger partial charge in [0.25, 0.3) is 0 Å². The highest BCUT2D eigenvalue weighted by Crippen LogP contribution is 2.41. The molecule has 0 unspecified atom stereocenters. The van der Waals surface area contributed by atoms with E-state index in [2.05, 4.69) is 322 Å². The molecule has 0 atom stereocenters. The van der Waals surface area contributed by atoms with Crippen LogP contribution in [-0.4, -0.2) is 8.07 Å². The molecule has 2 nitrogen and oxygen atoms in total. The molecule has 0 amide bonds. The van der Waals surface area contributed by atoms with Crippen molar-refractivity contribution in [1.29, 1.82) is 0 Å². The van der Waals surface area contributed by atoms with E-state index < -0.39 is 8.07 Å². The van der Waals surface area contributed by atoms with Gasteiger partial charge in [-0.3, -0.25) is 0 Å². The second-order valence-electron chi connectivity index (χ2n) is 22.5. The van der Waals surface area contributed by atoms with Gasteiger partial charge in [-0.05, 0) is 163 Å². The molecule has 0 fully saturated rings. The number of anilines is 6. The lowest BCUT2D eigenvalue weighted by molar-refractivity contribution is 0.590. The molecule has 10 rings (SSSR count). The van der Waals surface area contributed by atoms with Gasteiger partial charge in [0, 0.05) is 34.1 Å². The lowest BCUT2D eigenvalue weighted by Crippen LogP contribution is -2.74. The number of benzene rings is 10. The van der Waals surface area contributed by atoms with Gasteiger partial charge in [-0.2, -0.15) is 0 Å². The highest BCUT2D eigenvalue weighted by molar-refractivity contribution is 7.19. The third-order valence-corrected chi connectivity index (χ3v) is 20.1. The molecule has 0 spiro atoms. The van der Waals surface area contributed by atoms with Crippen LogP contribution in [0.5, 0.6) is 0 Å². The topological polar surface area (TPSA) is 6.48 Å². The third kappa shape index (κ3) is 10.1. The normalized spacial score (nSPS) is 11.9. The highest BCUT2D eigenvalue weighted by atomic mass is 28.3. The van der Waals surface area contributed by atoms with Crippen LogP contribution < -0.4 is 30.5 Å². The van der Waals surface area contributed by atoms with Crippen molar-refractivity contribution in [2.24, 2.45) is 0 Å². The van der Waals surface area contributed by atoms with Gasteiger partial charge in [0.1, 0.15) is 0 Å². The number of hydrogen-bond acceptors (Lipinski definition) is 2. The molecule has 0 aliphatic heterocycles. The second-order valence-corrected chi connectivity index (χ2v) is 26.3. The minimum atomic E-state index is -2.94. The smallest absolute Gasteiger partial charge is 0.179 e. The van der Waals surface area contributed by atoms with Crippen molar-refractivity contribution in [3.05, 3.63) is 276 Å². The molecule has 0 aliphatic carbocycles. The van der Waals surface area contributed by atoms with Crippen molar-refractivity contribution in [3.63, 3.8) is 0 Å². The van der Waals surface area contributed by atoms with Gasteiger partial charge in [0.2, 0.25) is 0 Å². The van der Waals surface area contributed by atoms with E-state index in [4.69, 9.17) is 0 Å². The number of nitrogens with zero attached hydrogens (tertiary/aromatic N) is 2. The van der Waals surface area contributed by atoms with Crippen LogP contribution in [-0.2, 0) is 10.8 Å². The van der Waals surface area contributed by atoms with Crippen LogP contribution in [0, 0.1) is 27.7 Å². The fraction of sp³-hybridized carbons (Fsp3) is 0.167. The van der Waals surface area contributed by atoms with Crippen LogP contribution in [0.25, 0.3) is 22.3 Å². The van der Waals surface area contributed by atoms with E-state index in [0.717, 1.165) is 11.4 Å². The number of rotatable bonds is 12. The zero-order chi connectivity index (χ0) is 52.5. The lowest BCUT2D eigenvalue weighted by Gasteiger charge is -2.35. The Labute approximate surface area is 448 Å². The van der Waals surface area contributed by atoms with E-state index in [9.17, 15) is 0 Å². The summed E-state index contributed by atoms with van der Waals surface area (Å²) in [7, 11) is -2.94. The minimum absolute atomic E-state index is 0.0270. The Morgan fingerprint density at radius 1 is 0.253 bits per heavy atom. The van der Waals surface area contributed by atoms with Crippen molar-refractivity contribution in [2.45, 2.75) is 80.1 Å². The Morgan fingerprint density at radius 3 is 0.693 bits per heavy atom. The fourth-order valence-electron chi connectivity index (χ4n) is 10.9. The average molecular weight is 991 g/mol. The Hall–Kier alpha value is -7.98. The summed E-state index contributed by atoms with van der Waals surface area (Å²) in [6.07, 6.45) is 0. The van der Waals surface area contributed by atoms with Crippen molar-refractivity contribution in [1.82, 2.24) is 0 Å². The van der Waals surface area contributed by atoms with Crippen LogP contribution in [0.15, 0.2) is 243 Å². The maximum Gasteiger partial charge on any atom is 0.179 e. The summed E-state index contributed by atoms with van der Waals surface area (Å²) in [5.41, 5.74) is 19.4. The zero-order valence-corrected chi connectivity index (χ0v) is 46.5. The first-order chi connectivity index (χ1) is 36.1. The maximum atomic E-state index is 2.44. The third-order valence-electron chi connectivity index (χ3n) is 15.3.